The Morgan fingerprint density at radius 2 is 1.93 bits per heavy atom. The number of carbonyl (C=O) groups excluding carboxylic acids is 1. The molecule has 3 saturated carbocycles. The molecule has 4 rings (SSSR count). The quantitative estimate of drug-likeness (QED) is 0.553. The van der Waals surface area contributed by atoms with Crippen molar-refractivity contribution in [1.29, 1.82) is 0 Å². The van der Waals surface area contributed by atoms with Crippen LogP contribution in [0.2, 0.25) is 0 Å². The van der Waals surface area contributed by atoms with Crippen molar-refractivity contribution in [2.45, 2.75) is 69.7 Å². The van der Waals surface area contributed by atoms with Crippen LogP contribution in [0.25, 0.3) is 0 Å². The molecule has 4 aliphatic rings. The molecule has 0 amide bonds. The molecule has 29 heavy (non-hydrogen) atoms. The van der Waals surface area contributed by atoms with Gasteiger partial charge in [-0.15, -0.1) is 0 Å². The molecule has 0 saturated heterocycles. The number of fused-ring (bicyclic) bond motifs is 5. The highest BCUT2D eigenvalue weighted by Gasteiger charge is 2.76. The maximum absolute atomic E-state index is 16.9. The molecule has 4 N–H and O–H groups in total. The van der Waals surface area contributed by atoms with Gasteiger partial charge in [0, 0.05) is 16.7 Å². The smallest absolute Gasteiger partial charge is 0.178 e. The largest absolute Gasteiger partial charge is 0.394 e. The van der Waals surface area contributed by atoms with Gasteiger partial charge in [-0.05, 0) is 55.7 Å². The number of ketones is 1. The fraction of sp³-hybridized carbons (Fsp3) is 0.773. The average Bonchev–Trinajstić information content (AvgIpc) is 2.86. The van der Waals surface area contributed by atoms with Gasteiger partial charge in [0.05, 0.1) is 12.7 Å². The molecule has 0 heterocycles. The van der Waals surface area contributed by atoms with E-state index in [1.165, 1.54) is 19.1 Å². The van der Waals surface area contributed by atoms with E-state index < -0.39 is 70.6 Å². The molecule has 4 unspecified atom stereocenters. The van der Waals surface area contributed by atoms with Crippen LogP contribution < -0.4 is 0 Å². The van der Waals surface area contributed by atoms with Gasteiger partial charge in [0.2, 0.25) is 0 Å². The molecule has 0 aromatic carbocycles. The predicted octanol–water partition coefficient (Wildman–Crippen LogP) is 1.64. The maximum Gasteiger partial charge on any atom is 0.178 e. The highest BCUT2D eigenvalue weighted by Crippen LogP contribution is 2.71. The van der Waals surface area contributed by atoms with Crippen molar-refractivity contribution in [3.63, 3.8) is 0 Å². The molecule has 0 aliphatic heterocycles. The third-order valence-electron chi connectivity index (χ3n) is 8.97. The van der Waals surface area contributed by atoms with Gasteiger partial charge in [-0.25, -0.2) is 8.78 Å². The van der Waals surface area contributed by atoms with Gasteiger partial charge >= 0.3 is 0 Å². The Kier molecular flexibility index (Phi) is 4.50. The average molecular weight is 412 g/mol. The minimum absolute atomic E-state index is 0.0584. The van der Waals surface area contributed by atoms with Gasteiger partial charge in [-0.2, -0.15) is 0 Å². The van der Waals surface area contributed by atoms with Crippen LogP contribution in [0, 0.1) is 28.6 Å². The zero-order chi connectivity index (χ0) is 21.6. The standard InChI is InChI=1S/C22H30F2O5/c1-11-6-13-14-8-16(23)15-7-12(26)4-5-19(15,2)21(14,24)17(27)9-20(13,3)22(11,29)18(28)10-25/h4-5,7,11,13-14,16-18,25,27-29H,6,8-10H2,1-3H3/t11-,13?,14?,16-,17-,18?,19?,20-,21-,22-/m0/s1. The van der Waals surface area contributed by atoms with Gasteiger partial charge in [0.1, 0.15) is 17.9 Å². The molecule has 0 radical (unpaired) electrons. The number of halogens is 2. The number of carbonyl (C=O) groups is 1. The van der Waals surface area contributed by atoms with E-state index in [9.17, 15) is 25.2 Å². The monoisotopic (exact) mass is 412 g/mol. The number of allylic oxidation sites excluding steroid dienone is 4. The van der Waals surface area contributed by atoms with Crippen LogP contribution in [0.15, 0.2) is 23.8 Å². The Morgan fingerprint density at radius 1 is 1.28 bits per heavy atom. The van der Waals surface area contributed by atoms with Crippen LogP contribution in [0.3, 0.4) is 0 Å². The van der Waals surface area contributed by atoms with E-state index in [2.05, 4.69) is 0 Å². The van der Waals surface area contributed by atoms with Crippen molar-refractivity contribution in [1.82, 2.24) is 0 Å². The topological polar surface area (TPSA) is 98.0 Å². The number of alkyl halides is 2. The number of hydrogen-bond acceptors (Lipinski definition) is 5. The molecular formula is C22H30F2O5. The summed E-state index contributed by atoms with van der Waals surface area (Å²) in [6.45, 7) is 4.30. The van der Waals surface area contributed by atoms with Crippen LogP contribution in [-0.4, -0.2) is 62.5 Å². The Bertz CT molecular complexity index is 798. The van der Waals surface area contributed by atoms with E-state index in [0.29, 0.717) is 6.42 Å². The summed E-state index contributed by atoms with van der Waals surface area (Å²) in [4.78, 5) is 11.8. The number of rotatable bonds is 2. The van der Waals surface area contributed by atoms with Crippen LogP contribution >= 0.6 is 0 Å². The molecular weight excluding hydrogens is 382 g/mol. The first-order valence-electron chi connectivity index (χ1n) is 10.4. The Morgan fingerprint density at radius 3 is 2.55 bits per heavy atom. The Hall–Kier alpha value is -1.15. The van der Waals surface area contributed by atoms with E-state index in [4.69, 9.17) is 0 Å². The third-order valence-corrected chi connectivity index (χ3v) is 8.97. The Balaban J connectivity index is 1.86. The van der Waals surface area contributed by atoms with Gasteiger partial charge < -0.3 is 20.4 Å². The Labute approximate surface area is 169 Å². The second kappa shape index (κ2) is 6.19. The van der Waals surface area contributed by atoms with E-state index in [0.717, 1.165) is 6.08 Å². The lowest BCUT2D eigenvalue weighted by molar-refractivity contribution is -0.245. The van der Waals surface area contributed by atoms with Crippen LogP contribution in [0.5, 0.6) is 0 Å². The molecule has 4 aliphatic carbocycles. The third kappa shape index (κ3) is 2.25. The number of aliphatic hydroxyl groups excluding tert-OH is 3. The molecule has 10 atom stereocenters. The van der Waals surface area contributed by atoms with E-state index in [1.807, 2.05) is 0 Å². The zero-order valence-corrected chi connectivity index (χ0v) is 17.0. The second-order valence-corrected chi connectivity index (χ2v) is 10.0. The first-order valence-corrected chi connectivity index (χ1v) is 10.4. The highest BCUT2D eigenvalue weighted by molar-refractivity contribution is 6.01. The van der Waals surface area contributed by atoms with Crippen molar-refractivity contribution in [2.24, 2.45) is 28.6 Å². The van der Waals surface area contributed by atoms with Crippen LogP contribution in [0.4, 0.5) is 8.78 Å². The fourth-order valence-electron chi connectivity index (χ4n) is 7.42. The molecule has 7 heteroatoms. The van der Waals surface area contributed by atoms with Gasteiger partial charge in [-0.3, -0.25) is 4.79 Å². The lowest BCUT2D eigenvalue weighted by atomic mass is 9.44. The summed E-state index contributed by atoms with van der Waals surface area (Å²) in [5, 5.41) is 42.6. The molecule has 0 aromatic heterocycles. The molecule has 0 bridgehead atoms. The van der Waals surface area contributed by atoms with Crippen molar-refractivity contribution < 1.29 is 34.0 Å². The van der Waals surface area contributed by atoms with Crippen molar-refractivity contribution in [2.75, 3.05) is 6.61 Å². The van der Waals surface area contributed by atoms with Gasteiger partial charge in [0.15, 0.2) is 11.5 Å². The first kappa shape index (κ1) is 21.1. The summed E-state index contributed by atoms with van der Waals surface area (Å²) in [6, 6.07) is 0. The minimum Gasteiger partial charge on any atom is -0.394 e. The van der Waals surface area contributed by atoms with Crippen molar-refractivity contribution in [3.05, 3.63) is 23.8 Å². The molecule has 0 aromatic rings. The summed E-state index contributed by atoms with van der Waals surface area (Å²) in [5.41, 5.74) is -6.44. The van der Waals surface area contributed by atoms with E-state index in [-0.39, 0.29) is 18.4 Å². The van der Waals surface area contributed by atoms with Crippen LogP contribution in [-0.2, 0) is 4.79 Å². The SMILES string of the molecule is C[C@H]1CC2C3C[C@H](F)C4=CC(=O)C=CC4(C)[C@@]3(F)[C@@H](O)C[C@]2(C)[C@@]1(O)C(O)CO. The second-order valence-electron chi connectivity index (χ2n) is 10.0. The van der Waals surface area contributed by atoms with E-state index >= 15 is 8.78 Å². The predicted molar refractivity (Wildman–Crippen MR) is 101 cm³/mol. The van der Waals surface area contributed by atoms with E-state index in [1.54, 1.807) is 13.8 Å². The summed E-state index contributed by atoms with van der Waals surface area (Å²) in [6.07, 6.45) is -0.761. The van der Waals surface area contributed by atoms with Crippen molar-refractivity contribution >= 4 is 5.78 Å². The summed E-state index contributed by atoms with van der Waals surface area (Å²) >= 11 is 0. The van der Waals surface area contributed by atoms with Gasteiger partial charge in [-0.1, -0.05) is 19.9 Å². The molecule has 5 nitrogen and oxygen atoms in total. The maximum atomic E-state index is 16.9. The fourth-order valence-corrected chi connectivity index (χ4v) is 7.42. The van der Waals surface area contributed by atoms with Gasteiger partial charge in [0.25, 0.3) is 0 Å². The normalized spacial score (nSPS) is 55.0. The zero-order valence-electron chi connectivity index (χ0n) is 17.0. The number of hydrogen-bond donors (Lipinski definition) is 4. The lowest BCUT2D eigenvalue weighted by Crippen LogP contribution is -2.71. The molecule has 162 valence electrons. The van der Waals surface area contributed by atoms with Crippen molar-refractivity contribution in [3.8, 4) is 0 Å². The van der Waals surface area contributed by atoms with Crippen LogP contribution in [0.1, 0.15) is 40.0 Å². The lowest BCUT2D eigenvalue weighted by Gasteiger charge is -2.63. The molecule has 3 fully saturated rings. The first-order chi connectivity index (χ1) is 13.4. The summed E-state index contributed by atoms with van der Waals surface area (Å²) < 4.78 is 32.1. The number of aliphatic hydroxyl groups is 4. The molecule has 0 spiro atoms. The highest BCUT2D eigenvalue weighted by atomic mass is 19.1. The summed E-state index contributed by atoms with van der Waals surface area (Å²) in [5.74, 6) is -2.28. The minimum atomic E-state index is -2.21. The summed E-state index contributed by atoms with van der Waals surface area (Å²) in [7, 11) is 0.